The summed E-state index contributed by atoms with van der Waals surface area (Å²) < 4.78 is 13.2. The standard InChI is InChI=1S/C22H27N3O4S/c1-4-10-28-16-7-5-14(6-8-16)19-18-20(23-17(26)13-30-19)25(24-21(18)27)15-9-11-29-22(2,3)12-15/h4-8,15,19H,1,9-13H2,2-3H3,(H,23,26)(H,24,27)/t15-,19-/m1/s1. The molecule has 1 aromatic carbocycles. The zero-order valence-electron chi connectivity index (χ0n) is 17.3. The summed E-state index contributed by atoms with van der Waals surface area (Å²) in [6, 6.07) is 7.72. The van der Waals surface area contributed by atoms with E-state index in [9.17, 15) is 9.59 Å². The minimum Gasteiger partial charge on any atom is -0.490 e. The van der Waals surface area contributed by atoms with E-state index in [1.807, 2.05) is 42.8 Å². The van der Waals surface area contributed by atoms with E-state index in [1.54, 1.807) is 6.08 Å². The largest absolute Gasteiger partial charge is 0.490 e. The normalized spacial score (nSPS) is 23.2. The molecule has 0 spiro atoms. The van der Waals surface area contributed by atoms with Crippen LogP contribution in [0.5, 0.6) is 5.75 Å². The first-order valence-corrected chi connectivity index (χ1v) is 11.2. The molecule has 0 bridgehead atoms. The highest BCUT2D eigenvalue weighted by Crippen LogP contribution is 2.42. The number of carbonyl (C=O) groups excluding carboxylic acids is 1. The first-order chi connectivity index (χ1) is 14.4. The molecule has 0 saturated carbocycles. The second-order valence-corrected chi connectivity index (χ2v) is 9.33. The monoisotopic (exact) mass is 429 g/mol. The minimum atomic E-state index is -0.277. The van der Waals surface area contributed by atoms with Gasteiger partial charge in [-0.15, -0.1) is 11.8 Å². The average molecular weight is 430 g/mol. The smallest absolute Gasteiger partial charge is 0.270 e. The Morgan fingerprint density at radius 3 is 2.80 bits per heavy atom. The van der Waals surface area contributed by atoms with Gasteiger partial charge in [0.2, 0.25) is 5.91 Å². The van der Waals surface area contributed by atoms with Crippen LogP contribution in [0.3, 0.4) is 0 Å². The molecule has 2 atom stereocenters. The molecule has 1 saturated heterocycles. The van der Waals surface area contributed by atoms with Gasteiger partial charge in [0.05, 0.1) is 28.2 Å². The zero-order chi connectivity index (χ0) is 21.3. The molecule has 8 heteroatoms. The Labute approximate surface area is 179 Å². The summed E-state index contributed by atoms with van der Waals surface area (Å²) in [5.41, 5.74) is 1.11. The van der Waals surface area contributed by atoms with Gasteiger partial charge in [-0.2, -0.15) is 0 Å². The van der Waals surface area contributed by atoms with Crippen LogP contribution >= 0.6 is 11.8 Å². The van der Waals surface area contributed by atoms with E-state index in [1.165, 1.54) is 11.8 Å². The van der Waals surface area contributed by atoms with Gasteiger partial charge in [0, 0.05) is 6.61 Å². The first kappa shape index (κ1) is 20.8. The molecule has 1 amide bonds. The van der Waals surface area contributed by atoms with Crippen LogP contribution < -0.4 is 15.6 Å². The number of aromatic nitrogens is 2. The molecular formula is C22H27N3O4S. The van der Waals surface area contributed by atoms with Gasteiger partial charge in [-0.05, 0) is 44.4 Å². The number of fused-ring (bicyclic) bond motifs is 1. The molecule has 1 fully saturated rings. The lowest BCUT2D eigenvalue weighted by Gasteiger charge is -2.36. The van der Waals surface area contributed by atoms with Gasteiger partial charge in [-0.3, -0.25) is 19.4 Å². The minimum absolute atomic E-state index is 0.0592. The second kappa shape index (κ2) is 8.35. The van der Waals surface area contributed by atoms with Gasteiger partial charge in [-0.25, -0.2) is 0 Å². The number of aromatic amines is 1. The van der Waals surface area contributed by atoms with Crippen LogP contribution in [0.1, 0.15) is 49.1 Å². The summed E-state index contributed by atoms with van der Waals surface area (Å²) >= 11 is 1.46. The number of hydrogen-bond acceptors (Lipinski definition) is 5. The van der Waals surface area contributed by atoms with Crippen molar-refractivity contribution in [1.82, 2.24) is 9.78 Å². The number of H-pyrrole nitrogens is 1. The van der Waals surface area contributed by atoms with Crippen molar-refractivity contribution in [2.24, 2.45) is 0 Å². The highest BCUT2D eigenvalue weighted by Gasteiger charge is 2.35. The molecule has 2 aliphatic rings. The molecule has 1 aromatic heterocycles. The summed E-state index contributed by atoms with van der Waals surface area (Å²) in [5, 5.41) is 5.72. The van der Waals surface area contributed by atoms with Crippen LogP contribution in [0.15, 0.2) is 41.7 Å². The maximum Gasteiger partial charge on any atom is 0.270 e. The number of nitrogens with zero attached hydrogens (tertiary/aromatic N) is 1. The van der Waals surface area contributed by atoms with Gasteiger partial charge < -0.3 is 14.8 Å². The van der Waals surface area contributed by atoms with Crippen LogP contribution in [-0.4, -0.2) is 40.3 Å². The Kier molecular flexibility index (Phi) is 5.79. The molecular weight excluding hydrogens is 402 g/mol. The average Bonchev–Trinajstić information content (AvgIpc) is 2.91. The third-order valence-corrected chi connectivity index (χ3v) is 6.72. The van der Waals surface area contributed by atoms with E-state index in [2.05, 4.69) is 17.0 Å². The number of nitrogens with one attached hydrogen (secondary N) is 2. The van der Waals surface area contributed by atoms with Crippen molar-refractivity contribution in [1.29, 1.82) is 0 Å². The van der Waals surface area contributed by atoms with Gasteiger partial charge in [0.1, 0.15) is 18.2 Å². The van der Waals surface area contributed by atoms with Gasteiger partial charge >= 0.3 is 0 Å². The zero-order valence-corrected chi connectivity index (χ0v) is 18.1. The Balaban J connectivity index is 1.71. The van der Waals surface area contributed by atoms with E-state index >= 15 is 0 Å². The molecule has 2 aromatic rings. The third-order valence-electron chi connectivity index (χ3n) is 5.45. The Morgan fingerprint density at radius 2 is 2.10 bits per heavy atom. The fraction of sp³-hybridized carbons (Fsp3) is 0.455. The van der Waals surface area contributed by atoms with Crippen molar-refractivity contribution in [3.63, 3.8) is 0 Å². The lowest BCUT2D eigenvalue weighted by atomic mass is 9.94. The van der Waals surface area contributed by atoms with Crippen LogP contribution in [0, 0.1) is 0 Å². The quantitative estimate of drug-likeness (QED) is 0.709. The van der Waals surface area contributed by atoms with Crippen molar-refractivity contribution in [3.8, 4) is 5.75 Å². The fourth-order valence-corrected chi connectivity index (χ4v) is 5.22. The van der Waals surface area contributed by atoms with Crippen LogP contribution in [0.2, 0.25) is 0 Å². The highest BCUT2D eigenvalue weighted by molar-refractivity contribution is 8.00. The van der Waals surface area contributed by atoms with Crippen LogP contribution in [0.25, 0.3) is 0 Å². The van der Waals surface area contributed by atoms with E-state index in [0.717, 1.165) is 24.2 Å². The molecule has 0 radical (unpaired) electrons. The summed E-state index contributed by atoms with van der Waals surface area (Å²) in [6.45, 7) is 8.80. The Hall–Kier alpha value is -2.45. The fourth-order valence-electron chi connectivity index (χ4n) is 4.09. The lowest BCUT2D eigenvalue weighted by Crippen LogP contribution is -2.36. The molecule has 4 rings (SSSR count). The number of anilines is 1. The Bertz CT molecular complexity index is 993. The van der Waals surface area contributed by atoms with Crippen molar-refractivity contribution < 1.29 is 14.3 Å². The predicted octanol–water partition coefficient (Wildman–Crippen LogP) is 3.65. The van der Waals surface area contributed by atoms with Crippen molar-refractivity contribution in [3.05, 3.63) is 58.4 Å². The number of benzene rings is 1. The number of carbonyl (C=O) groups is 1. The van der Waals surface area contributed by atoms with Crippen molar-refractivity contribution >= 4 is 23.5 Å². The number of rotatable bonds is 5. The van der Waals surface area contributed by atoms with E-state index in [-0.39, 0.29) is 34.1 Å². The maximum absolute atomic E-state index is 13.0. The summed E-state index contributed by atoms with van der Waals surface area (Å²) in [7, 11) is 0. The van der Waals surface area contributed by atoms with Crippen LogP contribution in [-0.2, 0) is 9.53 Å². The highest BCUT2D eigenvalue weighted by atomic mass is 32.2. The second-order valence-electron chi connectivity index (χ2n) is 8.24. The van der Waals surface area contributed by atoms with Crippen LogP contribution in [0.4, 0.5) is 5.82 Å². The third kappa shape index (κ3) is 4.20. The topological polar surface area (TPSA) is 85.4 Å². The number of hydrogen-bond donors (Lipinski definition) is 2. The molecule has 3 heterocycles. The SMILES string of the molecule is C=CCOc1ccc([C@H]2SCC(=O)Nc3c2c(=O)[nH]n3[C@@H]2CCOC(C)(C)C2)cc1. The number of thioether (sulfide) groups is 1. The number of amides is 1. The van der Waals surface area contributed by atoms with Crippen molar-refractivity contribution in [2.75, 3.05) is 24.3 Å². The predicted molar refractivity (Wildman–Crippen MR) is 118 cm³/mol. The lowest BCUT2D eigenvalue weighted by molar-refractivity contribution is -0.113. The molecule has 7 nitrogen and oxygen atoms in total. The van der Waals surface area contributed by atoms with Gasteiger partial charge in [0.15, 0.2) is 0 Å². The van der Waals surface area contributed by atoms with E-state index < -0.39 is 0 Å². The first-order valence-electron chi connectivity index (χ1n) is 10.1. The van der Waals surface area contributed by atoms with E-state index in [4.69, 9.17) is 9.47 Å². The molecule has 160 valence electrons. The molecule has 2 aliphatic heterocycles. The molecule has 0 aliphatic carbocycles. The summed E-state index contributed by atoms with van der Waals surface area (Å²) in [6.07, 6.45) is 3.23. The maximum atomic E-state index is 13.0. The van der Waals surface area contributed by atoms with Gasteiger partial charge in [-0.1, -0.05) is 24.8 Å². The number of ether oxygens (including phenoxy) is 2. The van der Waals surface area contributed by atoms with Crippen molar-refractivity contribution in [2.45, 2.75) is 43.6 Å². The summed E-state index contributed by atoms with van der Waals surface area (Å²) in [5.74, 6) is 1.50. The Morgan fingerprint density at radius 1 is 1.33 bits per heavy atom. The molecule has 30 heavy (non-hydrogen) atoms. The van der Waals surface area contributed by atoms with E-state index in [0.29, 0.717) is 24.6 Å². The molecule has 2 N–H and O–H groups in total. The molecule has 0 unspecified atom stereocenters. The summed E-state index contributed by atoms with van der Waals surface area (Å²) in [4.78, 5) is 25.5. The van der Waals surface area contributed by atoms with Gasteiger partial charge in [0.25, 0.3) is 5.56 Å².